The van der Waals surface area contributed by atoms with Gasteiger partial charge in [0.2, 0.25) is 0 Å². The average Bonchev–Trinajstić information content (AvgIpc) is 1.99. The number of aromatic amines is 2. The van der Waals surface area contributed by atoms with E-state index < -0.39 is 5.69 Å². The van der Waals surface area contributed by atoms with E-state index in [1.807, 2.05) is 0 Å². The van der Waals surface area contributed by atoms with Crippen molar-refractivity contribution in [3.8, 4) is 0 Å². The molecular weight excluding hydrogens is 160 g/mol. The van der Waals surface area contributed by atoms with Crippen molar-refractivity contribution < 1.29 is 4.74 Å². The summed E-state index contributed by atoms with van der Waals surface area (Å²) in [5, 5.41) is 0. The van der Waals surface area contributed by atoms with Gasteiger partial charge in [-0.15, -0.1) is 0 Å². The minimum absolute atomic E-state index is 0.384. The molecule has 0 fully saturated rings. The molecule has 2 N–H and O–H groups in total. The zero-order valence-electron chi connectivity index (χ0n) is 6.72. The van der Waals surface area contributed by atoms with E-state index in [1.54, 1.807) is 7.11 Å². The summed E-state index contributed by atoms with van der Waals surface area (Å²) in [4.78, 5) is 26.1. The van der Waals surface area contributed by atoms with Crippen LogP contribution in [0.1, 0.15) is 5.69 Å². The zero-order valence-corrected chi connectivity index (χ0v) is 6.72. The van der Waals surface area contributed by atoms with Gasteiger partial charge in [-0.1, -0.05) is 0 Å². The van der Waals surface area contributed by atoms with Gasteiger partial charge < -0.3 is 9.72 Å². The zero-order chi connectivity index (χ0) is 8.97. The summed E-state index contributed by atoms with van der Waals surface area (Å²) < 4.78 is 4.79. The third kappa shape index (κ3) is 2.35. The molecule has 0 spiro atoms. The number of ether oxygens (including phenoxy) is 1. The molecule has 0 aromatic carbocycles. The molecule has 5 heteroatoms. The number of rotatable bonds is 3. The van der Waals surface area contributed by atoms with Crippen molar-refractivity contribution in [3.63, 3.8) is 0 Å². The van der Waals surface area contributed by atoms with Crippen LogP contribution < -0.4 is 11.2 Å². The highest BCUT2D eigenvalue weighted by atomic mass is 16.5. The van der Waals surface area contributed by atoms with Gasteiger partial charge in [-0.25, -0.2) is 4.79 Å². The first kappa shape index (κ1) is 8.73. The Kier molecular flexibility index (Phi) is 2.82. The Morgan fingerprint density at radius 3 is 2.75 bits per heavy atom. The maximum absolute atomic E-state index is 10.8. The summed E-state index contributed by atoms with van der Waals surface area (Å²) in [6.45, 7) is 0.486. The Morgan fingerprint density at radius 1 is 1.42 bits per heavy atom. The van der Waals surface area contributed by atoms with Crippen LogP contribution in [-0.4, -0.2) is 23.7 Å². The van der Waals surface area contributed by atoms with Gasteiger partial charge in [-0.2, -0.15) is 0 Å². The van der Waals surface area contributed by atoms with Crippen LogP contribution in [0.15, 0.2) is 15.7 Å². The molecule has 1 aromatic rings. The second kappa shape index (κ2) is 3.87. The van der Waals surface area contributed by atoms with Crippen molar-refractivity contribution in [2.45, 2.75) is 6.42 Å². The summed E-state index contributed by atoms with van der Waals surface area (Å²) in [6, 6.07) is 1.35. The van der Waals surface area contributed by atoms with Crippen molar-refractivity contribution in [1.29, 1.82) is 0 Å². The van der Waals surface area contributed by atoms with Crippen LogP contribution in [0.3, 0.4) is 0 Å². The molecule has 1 aromatic heterocycles. The van der Waals surface area contributed by atoms with Crippen molar-refractivity contribution in [3.05, 3.63) is 32.6 Å². The minimum Gasteiger partial charge on any atom is -0.384 e. The molecule has 0 saturated carbocycles. The third-order valence-corrected chi connectivity index (χ3v) is 1.39. The van der Waals surface area contributed by atoms with Crippen molar-refractivity contribution in [2.75, 3.05) is 13.7 Å². The first-order valence-corrected chi connectivity index (χ1v) is 3.54. The van der Waals surface area contributed by atoms with Gasteiger partial charge >= 0.3 is 5.69 Å². The fourth-order valence-electron chi connectivity index (χ4n) is 0.866. The Balaban J connectivity index is 2.86. The van der Waals surface area contributed by atoms with Gasteiger partial charge in [-0.05, 0) is 0 Å². The van der Waals surface area contributed by atoms with Crippen molar-refractivity contribution in [2.24, 2.45) is 0 Å². The number of hydrogen-bond donors (Lipinski definition) is 2. The predicted molar refractivity (Wildman–Crippen MR) is 43.3 cm³/mol. The molecule has 0 aliphatic carbocycles. The Hall–Kier alpha value is -1.36. The van der Waals surface area contributed by atoms with E-state index in [-0.39, 0.29) is 5.56 Å². The Morgan fingerprint density at radius 2 is 2.17 bits per heavy atom. The van der Waals surface area contributed by atoms with Crippen molar-refractivity contribution in [1.82, 2.24) is 9.97 Å². The summed E-state index contributed by atoms with van der Waals surface area (Å²) >= 11 is 0. The van der Waals surface area contributed by atoms with Gasteiger partial charge in [0.15, 0.2) is 0 Å². The highest BCUT2D eigenvalue weighted by molar-refractivity contribution is 4.98. The lowest BCUT2D eigenvalue weighted by molar-refractivity contribution is 0.201. The molecule has 1 heterocycles. The molecule has 66 valence electrons. The van der Waals surface area contributed by atoms with Gasteiger partial charge in [0.25, 0.3) is 5.56 Å². The third-order valence-electron chi connectivity index (χ3n) is 1.39. The van der Waals surface area contributed by atoms with E-state index in [0.717, 1.165) is 0 Å². The molecule has 1 rings (SSSR count). The number of nitrogens with one attached hydrogen (secondary N) is 2. The quantitative estimate of drug-likeness (QED) is 0.626. The lowest BCUT2D eigenvalue weighted by Crippen LogP contribution is -2.23. The first-order chi connectivity index (χ1) is 5.72. The van der Waals surface area contributed by atoms with E-state index in [1.165, 1.54) is 6.07 Å². The van der Waals surface area contributed by atoms with Crippen LogP contribution in [0.4, 0.5) is 0 Å². The van der Waals surface area contributed by atoms with E-state index in [0.29, 0.717) is 18.7 Å². The smallest absolute Gasteiger partial charge is 0.325 e. The van der Waals surface area contributed by atoms with E-state index >= 15 is 0 Å². The largest absolute Gasteiger partial charge is 0.384 e. The fourth-order valence-corrected chi connectivity index (χ4v) is 0.866. The summed E-state index contributed by atoms with van der Waals surface area (Å²) in [5.41, 5.74) is -0.274. The number of methoxy groups -OCH3 is 1. The second-order valence-electron chi connectivity index (χ2n) is 2.36. The molecule has 5 nitrogen and oxygen atoms in total. The Bertz CT molecular complexity index is 324. The number of aromatic nitrogens is 2. The SMILES string of the molecule is COCCc1cc(=O)[nH]c(=O)[nH]1. The summed E-state index contributed by atoms with van der Waals surface area (Å²) in [7, 11) is 1.56. The maximum atomic E-state index is 10.8. The molecule has 0 saturated heterocycles. The molecule has 0 aliphatic rings. The van der Waals surface area contributed by atoms with E-state index in [2.05, 4.69) is 9.97 Å². The minimum atomic E-state index is -0.478. The summed E-state index contributed by atoms with van der Waals surface area (Å²) in [6.07, 6.45) is 0.537. The molecule has 0 radical (unpaired) electrons. The van der Waals surface area contributed by atoms with Crippen LogP contribution in [0.5, 0.6) is 0 Å². The Labute approximate surface area is 68.4 Å². The van der Waals surface area contributed by atoms with Crippen LogP contribution in [0, 0.1) is 0 Å². The number of H-pyrrole nitrogens is 2. The molecule has 0 amide bonds. The average molecular weight is 170 g/mol. The van der Waals surface area contributed by atoms with Crippen molar-refractivity contribution >= 4 is 0 Å². The second-order valence-corrected chi connectivity index (χ2v) is 2.36. The maximum Gasteiger partial charge on any atom is 0.325 e. The normalized spacial score (nSPS) is 10.1. The topological polar surface area (TPSA) is 75.0 Å². The molecule has 0 unspecified atom stereocenters. The van der Waals surface area contributed by atoms with E-state index in [4.69, 9.17) is 4.74 Å². The lowest BCUT2D eigenvalue weighted by atomic mass is 10.3. The van der Waals surface area contributed by atoms with E-state index in [9.17, 15) is 9.59 Å². The molecule has 12 heavy (non-hydrogen) atoms. The molecular formula is C7H10N2O3. The van der Waals surface area contributed by atoms with Crippen LogP contribution in [0.25, 0.3) is 0 Å². The molecule has 0 aliphatic heterocycles. The highest BCUT2D eigenvalue weighted by Gasteiger charge is 1.95. The van der Waals surface area contributed by atoms with Gasteiger partial charge in [0, 0.05) is 25.3 Å². The summed E-state index contributed by atoms with van der Waals surface area (Å²) in [5.74, 6) is 0. The lowest BCUT2D eigenvalue weighted by Gasteiger charge is -1.97. The van der Waals surface area contributed by atoms with Crippen LogP contribution >= 0.6 is 0 Å². The van der Waals surface area contributed by atoms with Crippen LogP contribution in [-0.2, 0) is 11.2 Å². The van der Waals surface area contributed by atoms with Gasteiger partial charge in [-0.3, -0.25) is 9.78 Å². The highest BCUT2D eigenvalue weighted by Crippen LogP contribution is 1.86. The monoisotopic (exact) mass is 170 g/mol. The first-order valence-electron chi connectivity index (χ1n) is 3.54. The van der Waals surface area contributed by atoms with Crippen LogP contribution in [0.2, 0.25) is 0 Å². The predicted octanol–water partition coefficient (Wildman–Crippen LogP) is -0.748. The van der Waals surface area contributed by atoms with Gasteiger partial charge in [0.1, 0.15) is 0 Å². The van der Waals surface area contributed by atoms with Gasteiger partial charge in [0.05, 0.1) is 6.61 Å². The number of hydrogen-bond acceptors (Lipinski definition) is 3. The molecule has 0 bridgehead atoms. The standard InChI is InChI=1S/C7H10N2O3/c1-12-3-2-5-4-6(10)9-7(11)8-5/h4H,2-3H2,1H3,(H2,8,9,10,11). The fraction of sp³-hybridized carbons (Fsp3) is 0.429. The molecule has 0 atom stereocenters.